The largest absolute Gasteiger partial charge is 0.391 e. The molecule has 1 N–H and O–H groups in total. The van der Waals surface area contributed by atoms with E-state index >= 15 is 0 Å². The van der Waals surface area contributed by atoms with Gasteiger partial charge >= 0.3 is 0 Å². The molecule has 0 spiro atoms. The van der Waals surface area contributed by atoms with Crippen LogP contribution in [0.1, 0.15) is 43.7 Å². The summed E-state index contributed by atoms with van der Waals surface area (Å²) in [6, 6.07) is 6.25. The van der Waals surface area contributed by atoms with Gasteiger partial charge in [-0.3, -0.25) is 0 Å². The van der Waals surface area contributed by atoms with E-state index in [-0.39, 0.29) is 10.9 Å². The Bertz CT molecular complexity index is 679. The maximum atomic E-state index is 13.0. The first-order valence-corrected chi connectivity index (χ1v) is 9.06. The topological polar surface area (TPSA) is 81.4 Å². The molecule has 0 aromatic heterocycles. The van der Waals surface area contributed by atoms with Gasteiger partial charge in [-0.25, -0.2) is 8.42 Å². The third kappa shape index (κ3) is 3.17. The Morgan fingerprint density at radius 3 is 2.77 bits per heavy atom. The molecule has 1 aromatic rings. The fourth-order valence-corrected chi connectivity index (χ4v) is 4.95. The van der Waals surface area contributed by atoms with Gasteiger partial charge < -0.3 is 5.11 Å². The predicted molar refractivity (Wildman–Crippen MR) is 83.7 cm³/mol. The number of aliphatic hydroxyl groups excluding tert-OH is 1. The first-order chi connectivity index (χ1) is 10.4. The molecule has 1 fully saturated rings. The number of rotatable bonds is 4. The Morgan fingerprint density at radius 2 is 2.18 bits per heavy atom. The molecule has 1 heterocycles. The van der Waals surface area contributed by atoms with Gasteiger partial charge in [0.25, 0.3) is 0 Å². The van der Waals surface area contributed by atoms with Crippen molar-refractivity contribution >= 4 is 10.0 Å². The number of hydrogen-bond donors (Lipinski definition) is 1. The molecule has 1 aliphatic rings. The Morgan fingerprint density at radius 1 is 1.45 bits per heavy atom. The van der Waals surface area contributed by atoms with Gasteiger partial charge in [0.15, 0.2) is 0 Å². The Labute approximate surface area is 132 Å². The Hall–Kier alpha value is -1.42. The lowest BCUT2D eigenvalue weighted by Crippen LogP contribution is -2.49. The van der Waals surface area contributed by atoms with Gasteiger partial charge in [-0.05, 0) is 49.9 Å². The van der Waals surface area contributed by atoms with Crippen molar-refractivity contribution in [3.8, 4) is 6.07 Å². The molecule has 1 aliphatic heterocycles. The molecule has 6 heteroatoms. The summed E-state index contributed by atoms with van der Waals surface area (Å²) in [6.07, 6.45) is 2.31. The van der Waals surface area contributed by atoms with Crippen LogP contribution in [0.4, 0.5) is 0 Å². The summed E-state index contributed by atoms with van der Waals surface area (Å²) in [5.41, 5.74) is 1.01. The van der Waals surface area contributed by atoms with Crippen molar-refractivity contribution in [2.75, 3.05) is 6.54 Å². The van der Waals surface area contributed by atoms with Gasteiger partial charge in [0.2, 0.25) is 10.0 Å². The zero-order valence-electron chi connectivity index (χ0n) is 13.0. The van der Waals surface area contributed by atoms with Crippen LogP contribution in [0.25, 0.3) is 0 Å². The number of benzene rings is 1. The smallest absolute Gasteiger partial charge is 0.243 e. The minimum absolute atomic E-state index is 0.224. The molecule has 0 aliphatic carbocycles. The number of sulfonamides is 1. The molecular weight excluding hydrogens is 300 g/mol. The van der Waals surface area contributed by atoms with Crippen LogP contribution in [0, 0.1) is 18.3 Å². The molecule has 22 heavy (non-hydrogen) atoms. The summed E-state index contributed by atoms with van der Waals surface area (Å²) in [5.74, 6) is 0. The van der Waals surface area contributed by atoms with E-state index in [0.29, 0.717) is 30.5 Å². The SMILES string of the molecule is CCC(O)C1CCCCN1S(=O)(=O)c1ccc(C#N)cc1C. The molecular formula is C16H22N2O3S. The summed E-state index contributed by atoms with van der Waals surface area (Å²) in [6.45, 7) is 3.99. The van der Waals surface area contributed by atoms with Gasteiger partial charge in [-0.15, -0.1) is 0 Å². The average molecular weight is 322 g/mol. The lowest BCUT2D eigenvalue weighted by molar-refractivity contribution is 0.0667. The first-order valence-electron chi connectivity index (χ1n) is 7.62. The summed E-state index contributed by atoms with van der Waals surface area (Å²) in [4.78, 5) is 0.224. The zero-order valence-corrected chi connectivity index (χ0v) is 13.8. The van der Waals surface area contributed by atoms with E-state index in [4.69, 9.17) is 5.26 Å². The number of nitrogens with zero attached hydrogens (tertiary/aromatic N) is 2. The van der Waals surface area contributed by atoms with Crippen molar-refractivity contribution in [1.82, 2.24) is 4.31 Å². The van der Waals surface area contributed by atoms with E-state index in [2.05, 4.69) is 0 Å². The predicted octanol–water partition coefficient (Wildman–Crippen LogP) is 2.18. The molecule has 5 nitrogen and oxygen atoms in total. The third-order valence-electron chi connectivity index (χ3n) is 4.25. The van der Waals surface area contributed by atoms with Crippen molar-refractivity contribution in [2.45, 2.75) is 56.6 Å². The van der Waals surface area contributed by atoms with Crippen molar-refractivity contribution in [3.63, 3.8) is 0 Å². The van der Waals surface area contributed by atoms with Gasteiger partial charge in [-0.2, -0.15) is 9.57 Å². The minimum atomic E-state index is -3.66. The standard InChI is InChI=1S/C16H22N2O3S/c1-3-15(19)14-6-4-5-9-18(14)22(20,21)16-8-7-13(11-17)10-12(16)2/h7-8,10,14-15,19H,3-6,9H2,1-2H3. The van der Waals surface area contributed by atoms with Gasteiger partial charge in [0, 0.05) is 6.54 Å². The fourth-order valence-electron chi connectivity index (χ4n) is 3.02. The number of hydrogen-bond acceptors (Lipinski definition) is 4. The fraction of sp³-hybridized carbons (Fsp3) is 0.562. The molecule has 120 valence electrons. The maximum Gasteiger partial charge on any atom is 0.243 e. The van der Waals surface area contributed by atoms with Gasteiger partial charge in [-0.1, -0.05) is 13.3 Å². The monoisotopic (exact) mass is 322 g/mol. The molecule has 0 bridgehead atoms. The number of aryl methyl sites for hydroxylation is 1. The first kappa shape index (κ1) is 16.9. The summed E-state index contributed by atoms with van der Waals surface area (Å²) >= 11 is 0. The normalized spacial score (nSPS) is 21.3. The van der Waals surface area contributed by atoms with Crippen LogP contribution in [0.3, 0.4) is 0 Å². The van der Waals surface area contributed by atoms with Crippen LogP contribution in [0.5, 0.6) is 0 Å². The Kier molecular flexibility index (Phi) is 5.22. The van der Waals surface area contributed by atoms with Gasteiger partial charge in [0.05, 0.1) is 28.7 Å². The molecule has 2 rings (SSSR count). The molecule has 0 radical (unpaired) electrons. The van der Waals surface area contributed by atoms with E-state index in [0.717, 1.165) is 12.8 Å². The van der Waals surface area contributed by atoms with Gasteiger partial charge in [0.1, 0.15) is 0 Å². The summed E-state index contributed by atoms with van der Waals surface area (Å²) < 4.78 is 27.4. The van der Waals surface area contributed by atoms with E-state index in [1.165, 1.54) is 16.4 Å². The molecule has 1 aromatic carbocycles. The van der Waals surface area contributed by atoms with Crippen molar-refractivity contribution in [3.05, 3.63) is 29.3 Å². The summed E-state index contributed by atoms with van der Waals surface area (Å²) in [7, 11) is -3.66. The van der Waals surface area contributed by atoms with Crippen LogP contribution >= 0.6 is 0 Å². The summed E-state index contributed by atoms with van der Waals surface area (Å²) in [5, 5.41) is 19.1. The molecule has 1 saturated heterocycles. The van der Waals surface area contributed by atoms with E-state index in [9.17, 15) is 13.5 Å². The zero-order chi connectivity index (χ0) is 16.3. The number of nitriles is 1. The number of aliphatic hydroxyl groups is 1. The van der Waals surface area contributed by atoms with Crippen LogP contribution in [-0.2, 0) is 10.0 Å². The van der Waals surface area contributed by atoms with E-state index in [1.54, 1.807) is 13.0 Å². The second-order valence-electron chi connectivity index (χ2n) is 5.75. The highest BCUT2D eigenvalue weighted by Gasteiger charge is 2.37. The van der Waals surface area contributed by atoms with E-state index < -0.39 is 16.1 Å². The Balaban J connectivity index is 2.42. The second-order valence-corrected chi connectivity index (χ2v) is 7.61. The van der Waals surface area contributed by atoms with Crippen LogP contribution < -0.4 is 0 Å². The van der Waals surface area contributed by atoms with Crippen molar-refractivity contribution in [2.24, 2.45) is 0 Å². The molecule has 0 saturated carbocycles. The highest BCUT2D eigenvalue weighted by molar-refractivity contribution is 7.89. The molecule has 2 unspecified atom stereocenters. The quantitative estimate of drug-likeness (QED) is 0.921. The van der Waals surface area contributed by atoms with Crippen LogP contribution in [0.15, 0.2) is 23.1 Å². The minimum Gasteiger partial charge on any atom is -0.391 e. The van der Waals surface area contributed by atoms with Crippen LogP contribution in [0.2, 0.25) is 0 Å². The lowest BCUT2D eigenvalue weighted by Gasteiger charge is -2.37. The highest BCUT2D eigenvalue weighted by Crippen LogP contribution is 2.29. The third-order valence-corrected chi connectivity index (χ3v) is 6.34. The number of piperidine rings is 1. The van der Waals surface area contributed by atoms with E-state index in [1.807, 2.05) is 13.0 Å². The lowest BCUT2D eigenvalue weighted by atomic mass is 9.98. The van der Waals surface area contributed by atoms with Crippen molar-refractivity contribution in [1.29, 1.82) is 5.26 Å². The molecule has 2 atom stereocenters. The highest BCUT2D eigenvalue weighted by atomic mass is 32.2. The molecule has 0 amide bonds. The average Bonchev–Trinajstić information content (AvgIpc) is 2.53. The van der Waals surface area contributed by atoms with Crippen LogP contribution in [-0.4, -0.2) is 36.5 Å². The second kappa shape index (κ2) is 6.78. The maximum absolute atomic E-state index is 13.0. The van der Waals surface area contributed by atoms with Crippen molar-refractivity contribution < 1.29 is 13.5 Å².